The van der Waals surface area contributed by atoms with Gasteiger partial charge in [-0.15, -0.1) is 0 Å². The molecule has 118 valence electrons. The number of aromatic nitrogens is 1. The van der Waals surface area contributed by atoms with Gasteiger partial charge < -0.3 is 4.74 Å². The molecule has 0 fully saturated rings. The van der Waals surface area contributed by atoms with Gasteiger partial charge in [0.25, 0.3) is 17.7 Å². The van der Waals surface area contributed by atoms with Gasteiger partial charge in [0.15, 0.2) is 6.10 Å². The van der Waals surface area contributed by atoms with Gasteiger partial charge in [-0.3, -0.25) is 19.5 Å². The van der Waals surface area contributed by atoms with Crippen LogP contribution >= 0.6 is 0 Å². The van der Waals surface area contributed by atoms with Crippen molar-refractivity contribution >= 4 is 11.4 Å². The van der Waals surface area contributed by atoms with Gasteiger partial charge in [-0.05, 0) is 18.2 Å². The highest BCUT2D eigenvalue weighted by Gasteiger charge is 2.29. The first-order chi connectivity index (χ1) is 11.0. The third kappa shape index (κ3) is 2.70. The van der Waals surface area contributed by atoms with Crippen LogP contribution in [0.1, 0.15) is 5.56 Å². The molecule has 0 radical (unpaired) electrons. The van der Waals surface area contributed by atoms with Crippen LogP contribution in [-0.4, -0.2) is 22.0 Å². The summed E-state index contributed by atoms with van der Waals surface area (Å²) in [6.07, 6.45) is -1.83. The van der Waals surface area contributed by atoms with Crippen molar-refractivity contribution in [1.82, 2.24) is 4.57 Å². The van der Waals surface area contributed by atoms with Crippen LogP contribution in [0.4, 0.5) is 14.5 Å². The number of nitro groups is 1. The van der Waals surface area contributed by atoms with E-state index in [-0.39, 0.29) is 22.7 Å². The van der Waals surface area contributed by atoms with Crippen molar-refractivity contribution in [3.05, 3.63) is 74.7 Å². The molecule has 3 rings (SSSR count). The summed E-state index contributed by atoms with van der Waals surface area (Å²) in [5, 5.41) is 10.9. The van der Waals surface area contributed by atoms with Crippen LogP contribution in [0, 0.1) is 10.1 Å². The minimum absolute atomic E-state index is 0.0640. The topological polar surface area (TPSA) is 74.4 Å². The summed E-state index contributed by atoms with van der Waals surface area (Å²) < 4.78 is 32.4. The fourth-order valence-electron chi connectivity index (χ4n) is 2.32. The second-order valence-electron chi connectivity index (χ2n) is 4.82. The van der Waals surface area contributed by atoms with Gasteiger partial charge in [0.1, 0.15) is 5.75 Å². The van der Waals surface area contributed by atoms with E-state index in [9.17, 15) is 23.7 Å². The van der Waals surface area contributed by atoms with E-state index in [0.29, 0.717) is 0 Å². The van der Waals surface area contributed by atoms with E-state index in [1.54, 1.807) is 6.07 Å². The molecule has 1 aliphatic rings. The third-order valence-corrected chi connectivity index (χ3v) is 3.37. The highest BCUT2D eigenvalue weighted by molar-refractivity contribution is 5.74. The maximum atomic E-state index is 13.0. The molecule has 23 heavy (non-hydrogen) atoms. The molecule has 0 bridgehead atoms. The molecule has 8 heteroatoms. The molecule has 1 unspecified atom stereocenters. The van der Waals surface area contributed by atoms with Gasteiger partial charge in [-0.1, -0.05) is 6.07 Å². The van der Waals surface area contributed by atoms with Crippen molar-refractivity contribution in [2.24, 2.45) is 0 Å². The van der Waals surface area contributed by atoms with E-state index in [0.717, 1.165) is 16.7 Å². The van der Waals surface area contributed by atoms with Gasteiger partial charge >= 0.3 is 0 Å². The Morgan fingerprint density at radius 1 is 1.26 bits per heavy atom. The lowest BCUT2D eigenvalue weighted by Gasteiger charge is -2.25. The Morgan fingerprint density at radius 3 is 2.70 bits per heavy atom. The smallest absolute Gasteiger partial charge is 0.278 e. The standard InChI is InChI=1S/C15H10F2N2O4/c16-15(17)13-8-11(18-6-2-1-3-14(18)20)10-7-9(19(21)22)4-5-12(10)23-13/h1-8,13,15H. The van der Waals surface area contributed by atoms with Crippen LogP contribution < -0.4 is 10.3 Å². The Bertz CT molecular complexity index is 861. The molecular formula is C15H10F2N2O4. The summed E-state index contributed by atoms with van der Waals surface area (Å²) >= 11 is 0. The van der Waals surface area contributed by atoms with Gasteiger partial charge in [0.2, 0.25) is 0 Å². The number of hydrogen-bond donors (Lipinski definition) is 0. The highest BCUT2D eigenvalue weighted by Crippen LogP contribution is 2.36. The first-order valence-corrected chi connectivity index (χ1v) is 6.61. The van der Waals surface area contributed by atoms with Gasteiger partial charge in [-0.2, -0.15) is 0 Å². The number of nitrogens with zero attached hydrogens (tertiary/aromatic N) is 2. The first kappa shape index (κ1) is 14.9. The Balaban J connectivity index is 2.22. The molecule has 6 nitrogen and oxygen atoms in total. The molecule has 1 atom stereocenters. The normalized spacial score (nSPS) is 16.5. The molecule has 0 aliphatic carbocycles. The molecule has 2 heterocycles. The van der Waals surface area contributed by atoms with Gasteiger partial charge in [-0.25, -0.2) is 8.78 Å². The lowest BCUT2D eigenvalue weighted by atomic mass is 10.0. The summed E-state index contributed by atoms with van der Waals surface area (Å²) in [6.45, 7) is 0. The maximum Gasteiger partial charge on any atom is 0.278 e. The van der Waals surface area contributed by atoms with Crippen LogP contribution in [0.25, 0.3) is 5.70 Å². The summed E-state index contributed by atoms with van der Waals surface area (Å²) in [5.74, 6) is 0.0640. The summed E-state index contributed by atoms with van der Waals surface area (Å²) in [5.41, 5.74) is -0.320. The van der Waals surface area contributed by atoms with E-state index in [2.05, 4.69) is 0 Å². The second-order valence-corrected chi connectivity index (χ2v) is 4.82. The van der Waals surface area contributed by atoms with Crippen LogP contribution in [-0.2, 0) is 0 Å². The van der Waals surface area contributed by atoms with Crippen molar-refractivity contribution in [3.8, 4) is 5.75 Å². The molecule has 1 aliphatic heterocycles. The molecule has 0 saturated heterocycles. The van der Waals surface area contributed by atoms with Crippen molar-refractivity contribution in [3.63, 3.8) is 0 Å². The second kappa shape index (κ2) is 5.64. The molecule has 1 aromatic carbocycles. The zero-order valence-corrected chi connectivity index (χ0v) is 11.6. The number of hydrogen-bond acceptors (Lipinski definition) is 4. The lowest BCUT2D eigenvalue weighted by molar-refractivity contribution is -0.384. The van der Waals surface area contributed by atoms with E-state index in [4.69, 9.17) is 4.74 Å². The molecule has 0 spiro atoms. The highest BCUT2D eigenvalue weighted by atomic mass is 19.3. The lowest BCUT2D eigenvalue weighted by Crippen LogP contribution is -2.29. The van der Waals surface area contributed by atoms with Crippen molar-refractivity contribution < 1.29 is 18.4 Å². The summed E-state index contributed by atoms with van der Waals surface area (Å²) in [6, 6.07) is 7.96. The predicted molar refractivity (Wildman–Crippen MR) is 77.6 cm³/mol. The number of rotatable bonds is 3. The largest absolute Gasteiger partial charge is 0.480 e. The van der Waals surface area contributed by atoms with Crippen molar-refractivity contribution in [2.45, 2.75) is 12.5 Å². The number of nitro benzene ring substituents is 1. The molecular weight excluding hydrogens is 310 g/mol. The third-order valence-electron chi connectivity index (χ3n) is 3.37. The zero-order chi connectivity index (χ0) is 16.6. The average Bonchev–Trinajstić information content (AvgIpc) is 2.53. The number of ether oxygens (including phenoxy) is 1. The number of fused-ring (bicyclic) bond motifs is 1. The molecule has 0 N–H and O–H groups in total. The van der Waals surface area contributed by atoms with Gasteiger partial charge in [0.05, 0.1) is 10.6 Å². The monoisotopic (exact) mass is 320 g/mol. The number of alkyl halides is 2. The first-order valence-electron chi connectivity index (χ1n) is 6.61. The Kier molecular flexibility index (Phi) is 3.65. The number of pyridine rings is 1. The maximum absolute atomic E-state index is 13.0. The van der Waals surface area contributed by atoms with Crippen LogP contribution in [0.2, 0.25) is 0 Å². The van der Waals surface area contributed by atoms with E-state index in [1.807, 2.05) is 0 Å². The number of non-ortho nitro benzene ring substituents is 1. The quantitative estimate of drug-likeness (QED) is 0.644. The predicted octanol–water partition coefficient (Wildman–Crippen LogP) is 2.67. The fourth-order valence-corrected chi connectivity index (χ4v) is 2.32. The van der Waals surface area contributed by atoms with Crippen LogP contribution in [0.5, 0.6) is 5.75 Å². The molecule has 0 amide bonds. The Morgan fingerprint density at radius 2 is 2.04 bits per heavy atom. The summed E-state index contributed by atoms with van der Waals surface area (Å²) in [7, 11) is 0. The van der Waals surface area contributed by atoms with E-state index in [1.165, 1.54) is 30.5 Å². The number of benzene rings is 1. The van der Waals surface area contributed by atoms with E-state index < -0.39 is 23.0 Å². The Hall–Kier alpha value is -3.03. The van der Waals surface area contributed by atoms with Crippen LogP contribution in [0.15, 0.2) is 53.5 Å². The summed E-state index contributed by atoms with van der Waals surface area (Å²) in [4.78, 5) is 22.3. The fraction of sp³-hybridized carbons (Fsp3) is 0.133. The van der Waals surface area contributed by atoms with Crippen molar-refractivity contribution in [1.29, 1.82) is 0 Å². The van der Waals surface area contributed by atoms with Crippen molar-refractivity contribution in [2.75, 3.05) is 0 Å². The van der Waals surface area contributed by atoms with Crippen LogP contribution in [0.3, 0.4) is 0 Å². The number of halogens is 2. The SMILES string of the molecule is O=c1ccccn1C1=CC(C(F)F)Oc2ccc([N+](=O)[O-])cc21. The molecule has 1 aromatic heterocycles. The Labute approximate surface area is 128 Å². The molecule has 0 saturated carbocycles. The van der Waals surface area contributed by atoms with E-state index >= 15 is 0 Å². The van der Waals surface area contributed by atoms with Gasteiger partial charge in [0, 0.05) is 30.0 Å². The average molecular weight is 320 g/mol. The minimum atomic E-state index is -2.80. The molecule has 2 aromatic rings. The zero-order valence-electron chi connectivity index (χ0n) is 11.6. The minimum Gasteiger partial charge on any atom is -0.480 e.